The SMILES string of the molecule is Cc1ccc(CN(CCN(C)C)C(=O)[C@@H](N)C(C)(C)C)o1. The Bertz CT molecular complexity index is 460. The van der Waals surface area contributed by atoms with E-state index in [9.17, 15) is 4.79 Å². The molecule has 0 aliphatic rings. The molecule has 0 aliphatic heterocycles. The first-order chi connectivity index (χ1) is 9.61. The molecule has 21 heavy (non-hydrogen) atoms. The molecular weight excluding hydrogens is 266 g/mol. The van der Waals surface area contributed by atoms with Crippen LogP contribution in [0.25, 0.3) is 0 Å². The molecule has 0 aromatic carbocycles. The van der Waals surface area contributed by atoms with Crippen molar-refractivity contribution in [1.29, 1.82) is 0 Å². The van der Waals surface area contributed by atoms with Crippen LogP contribution < -0.4 is 5.73 Å². The minimum Gasteiger partial charge on any atom is -0.464 e. The predicted octanol–water partition coefficient (Wildman–Crippen LogP) is 1.85. The van der Waals surface area contributed by atoms with E-state index in [1.54, 1.807) is 4.90 Å². The van der Waals surface area contributed by atoms with Crippen molar-refractivity contribution in [3.8, 4) is 0 Å². The smallest absolute Gasteiger partial charge is 0.240 e. The number of amides is 1. The summed E-state index contributed by atoms with van der Waals surface area (Å²) in [7, 11) is 3.98. The Morgan fingerprint density at radius 2 is 1.90 bits per heavy atom. The lowest BCUT2D eigenvalue weighted by Gasteiger charge is -2.32. The van der Waals surface area contributed by atoms with Crippen LogP contribution >= 0.6 is 0 Å². The summed E-state index contributed by atoms with van der Waals surface area (Å²) in [6.45, 7) is 9.74. The van der Waals surface area contributed by atoms with Gasteiger partial charge in [-0.2, -0.15) is 0 Å². The zero-order chi connectivity index (χ0) is 16.2. The lowest BCUT2D eigenvalue weighted by Crippen LogP contribution is -2.51. The van der Waals surface area contributed by atoms with Crippen LogP contribution in [0.15, 0.2) is 16.5 Å². The summed E-state index contributed by atoms with van der Waals surface area (Å²) in [5.74, 6) is 1.62. The molecule has 1 heterocycles. The number of aryl methyl sites for hydroxylation is 1. The van der Waals surface area contributed by atoms with Crippen molar-refractivity contribution in [1.82, 2.24) is 9.80 Å². The fourth-order valence-electron chi connectivity index (χ4n) is 1.91. The van der Waals surface area contributed by atoms with Crippen molar-refractivity contribution in [2.45, 2.75) is 40.3 Å². The minimum absolute atomic E-state index is 0.0293. The van der Waals surface area contributed by atoms with Crippen molar-refractivity contribution >= 4 is 5.91 Å². The van der Waals surface area contributed by atoms with Crippen LogP contribution in [0.1, 0.15) is 32.3 Å². The third-order valence-electron chi connectivity index (χ3n) is 3.47. The molecule has 0 saturated carbocycles. The van der Waals surface area contributed by atoms with Crippen molar-refractivity contribution in [3.05, 3.63) is 23.7 Å². The third-order valence-corrected chi connectivity index (χ3v) is 3.47. The first-order valence-corrected chi connectivity index (χ1v) is 7.35. The fourth-order valence-corrected chi connectivity index (χ4v) is 1.91. The van der Waals surface area contributed by atoms with Gasteiger partial charge in [-0.05, 0) is 38.6 Å². The van der Waals surface area contributed by atoms with E-state index in [0.29, 0.717) is 13.1 Å². The second-order valence-corrected chi connectivity index (χ2v) is 6.92. The molecular formula is C16H29N3O2. The molecule has 120 valence electrons. The van der Waals surface area contributed by atoms with E-state index < -0.39 is 6.04 Å². The van der Waals surface area contributed by atoms with Crippen molar-refractivity contribution in [2.75, 3.05) is 27.2 Å². The van der Waals surface area contributed by atoms with Crippen LogP contribution in [-0.4, -0.2) is 48.9 Å². The monoisotopic (exact) mass is 295 g/mol. The molecule has 1 amide bonds. The van der Waals surface area contributed by atoms with Gasteiger partial charge in [0.15, 0.2) is 0 Å². The molecule has 0 spiro atoms. The van der Waals surface area contributed by atoms with Gasteiger partial charge >= 0.3 is 0 Å². The average Bonchev–Trinajstić information content (AvgIpc) is 2.77. The van der Waals surface area contributed by atoms with E-state index in [2.05, 4.69) is 4.90 Å². The number of furan rings is 1. The van der Waals surface area contributed by atoms with Gasteiger partial charge in [-0.1, -0.05) is 20.8 Å². The number of likely N-dealkylation sites (N-methyl/N-ethyl adjacent to an activating group) is 1. The van der Waals surface area contributed by atoms with E-state index in [1.807, 2.05) is 53.9 Å². The first kappa shape index (κ1) is 17.7. The second-order valence-electron chi connectivity index (χ2n) is 6.92. The molecule has 5 heteroatoms. The molecule has 1 rings (SSSR count). The predicted molar refractivity (Wildman–Crippen MR) is 84.8 cm³/mol. The Labute approximate surface area is 128 Å². The summed E-state index contributed by atoms with van der Waals surface area (Å²) >= 11 is 0. The number of rotatable bonds is 6. The van der Waals surface area contributed by atoms with Crippen LogP contribution in [0.3, 0.4) is 0 Å². The third kappa shape index (κ3) is 5.52. The first-order valence-electron chi connectivity index (χ1n) is 7.35. The van der Waals surface area contributed by atoms with Crippen LogP contribution in [0.5, 0.6) is 0 Å². The standard InChI is InChI=1S/C16H29N3O2/c1-12-7-8-13(21-12)11-19(10-9-18(5)6)15(20)14(17)16(2,3)4/h7-8,14H,9-11,17H2,1-6H3/t14-/m1/s1. The molecule has 5 nitrogen and oxygen atoms in total. The van der Waals surface area contributed by atoms with Gasteiger partial charge in [-0.15, -0.1) is 0 Å². The van der Waals surface area contributed by atoms with Crippen LogP contribution in [-0.2, 0) is 11.3 Å². The van der Waals surface area contributed by atoms with E-state index >= 15 is 0 Å². The molecule has 0 fully saturated rings. The number of nitrogens with two attached hydrogens (primary N) is 1. The molecule has 1 aromatic heterocycles. The molecule has 0 aliphatic carbocycles. The maximum absolute atomic E-state index is 12.7. The highest BCUT2D eigenvalue weighted by atomic mass is 16.3. The van der Waals surface area contributed by atoms with E-state index in [4.69, 9.17) is 10.2 Å². The Morgan fingerprint density at radius 3 is 2.33 bits per heavy atom. The highest BCUT2D eigenvalue weighted by Crippen LogP contribution is 2.20. The lowest BCUT2D eigenvalue weighted by atomic mass is 9.86. The zero-order valence-corrected chi connectivity index (χ0v) is 14.1. The highest BCUT2D eigenvalue weighted by Gasteiger charge is 2.31. The number of hydrogen-bond donors (Lipinski definition) is 1. The Hall–Kier alpha value is -1.33. The Kier molecular flexibility index (Phi) is 5.98. The van der Waals surface area contributed by atoms with Crippen LogP contribution in [0.4, 0.5) is 0 Å². The summed E-state index contributed by atoms with van der Waals surface area (Å²) < 4.78 is 5.59. The molecule has 1 atom stereocenters. The number of carbonyl (C=O) groups is 1. The molecule has 0 radical (unpaired) electrons. The summed E-state index contributed by atoms with van der Waals surface area (Å²) in [5.41, 5.74) is 5.87. The Morgan fingerprint density at radius 1 is 1.29 bits per heavy atom. The summed E-state index contributed by atoms with van der Waals surface area (Å²) in [5, 5.41) is 0. The quantitative estimate of drug-likeness (QED) is 0.870. The van der Waals surface area contributed by atoms with E-state index in [0.717, 1.165) is 18.1 Å². The fraction of sp³-hybridized carbons (Fsp3) is 0.688. The van der Waals surface area contributed by atoms with Crippen molar-refractivity contribution < 1.29 is 9.21 Å². The van der Waals surface area contributed by atoms with Gasteiger partial charge in [0, 0.05) is 13.1 Å². The lowest BCUT2D eigenvalue weighted by molar-refractivity contribution is -0.136. The second kappa shape index (κ2) is 7.09. The molecule has 2 N–H and O–H groups in total. The molecule has 0 bridgehead atoms. The van der Waals surface area contributed by atoms with E-state index in [-0.39, 0.29) is 11.3 Å². The topological polar surface area (TPSA) is 62.7 Å². The van der Waals surface area contributed by atoms with Gasteiger partial charge in [-0.25, -0.2) is 0 Å². The molecule has 0 saturated heterocycles. The van der Waals surface area contributed by atoms with Crippen molar-refractivity contribution in [2.24, 2.45) is 11.1 Å². The molecule has 0 unspecified atom stereocenters. The largest absolute Gasteiger partial charge is 0.464 e. The van der Waals surface area contributed by atoms with E-state index in [1.165, 1.54) is 0 Å². The maximum Gasteiger partial charge on any atom is 0.240 e. The average molecular weight is 295 g/mol. The Balaban J connectivity index is 2.83. The van der Waals surface area contributed by atoms with Gasteiger partial charge in [0.05, 0.1) is 12.6 Å². The zero-order valence-electron chi connectivity index (χ0n) is 14.1. The van der Waals surface area contributed by atoms with Gasteiger partial charge in [0.1, 0.15) is 11.5 Å². The van der Waals surface area contributed by atoms with Gasteiger partial charge < -0.3 is 20.0 Å². The van der Waals surface area contributed by atoms with Crippen molar-refractivity contribution in [3.63, 3.8) is 0 Å². The maximum atomic E-state index is 12.7. The number of carbonyl (C=O) groups excluding carboxylic acids is 1. The van der Waals surface area contributed by atoms with Gasteiger partial charge in [-0.3, -0.25) is 4.79 Å². The highest BCUT2D eigenvalue weighted by molar-refractivity contribution is 5.82. The normalized spacial score (nSPS) is 13.5. The number of hydrogen-bond acceptors (Lipinski definition) is 4. The summed E-state index contributed by atoms with van der Waals surface area (Å²) in [6.07, 6.45) is 0. The number of nitrogens with zero attached hydrogens (tertiary/aromatic N) is 2. The van der Waals surface area contributed by atoms with Crippen LogP contribution in [0.2, 0.25) is 0 Å². The summed E-state index contributed by atoms with van der Waals surface area (Å²) in [6, 6.07) is 3.30. The summed E-state index contributed by atoms with van der Waals surface area (Å²) in [4.78, 5) is 16.5. The van der Waals surface area contributed by atoms with Gasteiger partial charge in [0.2, 0.25) is 5.91 Å². The van der Waals surface area contributed by atoms with Crippen LogP contribution in [0, 0.1) is 12.3 Å². The molecule has 1 aromatic rings. The van der Waals surface area contributed by atoms with Gasteiger partial charge in [0.25, 0.3) is 0 Å². The minimum atomic E-state index is -0.518.